The predicted molar refractivity (Wildman–Crippen MR) is 101 cm³/mol. The number of anilines is 2. The second-order valence-electron chi connectivity index (χ2n) is 6.55. The lowest BCUT2D eigenvalue weighted by Gasteiger charge is -2.32. The first kappa shape index (κ1) is 16.8. The number of benzene rings is 2. The molecule has 126 valence electrons. The van der Waals surface area contributed by atoms with Crippen LogP contribution in [0.25, 0.3) is 0 Å². The van der Waals surface area contributed by atoms with E-state index in [1.165, 1.54) is 12.8 Å². The van der Waals surface area contributed by atoms with Crippen molar-refractivity contribution in [3.05, 3.63) is 59.1 Å². The van der Waals surface area contributed by atoms with E-state index in [0.29, 0.717) is 11.4 Å². The molecule has 1 saturated heterocycles. The van der Waals surface area contributed by atoms with Crippen LogP contribution in [0.3, 0.4) is 0 Å². The van der Waals surface area contributed by atoms with Crippen LogP contribution in [0.2, 0.25) is 5.02 Å². The highest BCUT2D eigenvalue weighted by molar-refractivity contribution is 6.33. The first-order chi connectivity index (χ1) is 11.6. The Kier molecular flexibility index (Phi) is 5.41. The monoisotopic (exact) mass is 342 g/mol. The summed E-state index contributed by atoms with van der Waals surface area (Å²) in [4.78, 5) is 14.5. The molecule has 2 aromatic rings. The normalized spacial score (nSPS) is 15.3. The Balaban J connectivity index is 1.63. The number of amides is 1. The number of carbonyl (C=O) groups excluding carboxylic acids is 1. The molecule has 0 unspecified atom stereocenters. The van der Waals surface area contributed by atoms with Crippen LogP contribution >= 0.6 is 11.6 Å². The number of nitrogens with one attached hydrogen (secondary N) is 1. The number of carbonyl (C=O) groups is 1. The smallest absolute Gasteiger partial charge is 0.228 e. The van der Waals surface area contributed by atoms with E-state index in [-0.39, 0.29) is 5.91 Å². The molecule has 0 spiro atoms. The minimum absolute atomic E-state index is 0.0307. The summed E-state index contributed by atoms with van der Waals surface area (Å²) in [5.74, 6) is 0.758. The lowest BCUT2D eigenvalue weighted by molar-refractivity contribution is -0.115. The fraction of sp³-hybridized carbons (Fsp3) is 0.350. The van der Waals surface area contributed by atoms with Gasteiger partial charge < -0.3 is 10.2 Å². The van der Waals surface area contributed by atoms with E-state index in [9.17, 15) is 4.79 Å². The average molecular weight is 343 g/mol. The lowest BCUT2D eigenvalue weighted by Crippen LogP contribution is -2.32. The molecule has 1 fully saturated rings. The molecule has 1 N–H and O–H groups in total. The highest BCUT2D eigenvalue weighted by Gasteiger charge is 2.18. The summed E-state index contributed by atoms with van der Waals surface area (Å²) in [6.07, 6.45) is 2.77. The number of rotatable bonds is 4. The van der Waals surface area contributed by atoms with E-state index in [1.54, 1.807) is 0 Å². The Morgan fingerprint density at radius 2 is 1.88 bits per heavy atom. The third-order valence-electron chi connectivity index (χ3n) is 4.56. The molecule has 24 heavy (non-hydrogen) atoms. The van der Waals surface area contributed by atoms with Gasteiger partial charge in [-0.2, -0.15) is 0 Å². The number of halogens is 1. The van der Waals surface area contributed by atoms with Crippen molar-refractivity contribution >= 4 is 28.9 Å². The molecule has 4 heteroatoms. The molecule has 0 radical (unpaired) electrons. The first-order valence-corrected chi connectivity index (χ1v) is 8.88. The van der Waals surface area contributed by atoms with E-state index in [2.05, 4.69) is 17.1 Å². The summed E-state index contributed by atoms with van der Waals surface area (Å²) in [6, 6.07) is 15.5. The molecule has 1 aliphatic rings. The fourth-order valence-electron chi connectivity index (χ4n) is 3.08. The predicted octanol–water partition coefficient (Wildman–Crippen LogP) is 4.76. The van der Waals surface area contributed by atoms with Crippen LogP contribution in [0.1, 0.15) is 25.3 Å². The van der Waals surface area contributed by atoms with E-state index in [1.807, 2.05) is 48.5 Å². The highest BCUT2D eigenvalue weighted by atomic mass is 35.5. The summed E-state index contributed by atoms with van der Waals surface area (Å²) >= 11 is 6.45. The zero-order valence-corrected chi connectivity index (χ0v) is 14.7. The molecule has 1 amide bonds. The van der Waals surface area contributed by atoms with Crippen molar-refractivity contribution in [2.45, 2.75) is 26.2 Å². The fourth-order valence-corrected chi connectivity index (χ4v) is 3.38. The van der Waals surface area contributed by atoms with Crippen molar-refractivity contribution in [2.24, 2.45) is 5.92 Å². The van der Waals surface area contributed by atoms with Crippen LogP contribution < -0.4 is 10.2 Å². The van der Waals surface area contributed by atoms with E-state index >= 15 is 0 Å². The summed E-state index contributed by atoms with van der Waals surface area (Å²) in [6.45, 7) is 4.38. The van der Waals surface area contributed by atoms with Gasteiger partial charge in [-0.3, -0.25) is 4.79 Å². The summed E-state index contributed by atoms with van der Waals surface area (Å²) < 4.78 is 0. The molecule has 0 aromatic heterocycles. The highest BCUT2D eigenvalue weighted by Crippen LogP contribution is 2.31. The average Bonchev–Trinajstić information content (AvgIpc) is 2.57. The number of hydrogen-bond acceptors (Lipinski definition) is 2. The van der Waals surface area contributed by atoms with Gasteiger partial charge >= 0.3 is 0 Å². The third-order valence-corrected chi connectivity index (χ3v) is 4.87. The van der Waals surface area contributed by atoms with Crippen LogP contribution in [0.4, 0.5) is 11.4 Å². The van der Waals surface area contributed by atoms with Gasteiger partial charge in [-0.15, -0.1) is 0 Å². The van der Waals surface area contributed by atoms with Crippen molar-refractivity contribution < 1.29 is 4.79 Å². The van der Waals surface area contributed by atoms with Gasteiger partial charge in [0.05, 0.1) is 17.1 Å². The standard InChI is InChI=1S/C20H23ClN2O/c1-15-9-11-23(12-10-15)19-8-7-17(14-18(19)21)22-20(24)13-16-5-3-2-4-6-16/h2-8,14-15H,9-13H2,1H3,(H,22,24). The maximum absolute atomic E-state index is 12.2. The Hall–Kier alpha value is -2.00. The summed E-state index contributed by atoms with van der Waals surface area (Å²) in [7, 11) is 0. The Labute approximate surface area is 148 Å². The molecule has 0 atom stereocenters. The first-order valence-electron chi connectivity index (χ1n) is 8.50. The van der Waals surface area contributed by atoms with Crippen LogP contribution in [0, 0.1) is 5.92 Å². The quantitative estimate of drug-likeness (QED) is 0.869. The number of nitrogens with zero attached hydrogens (tertiary/aromatic N) is 1. The summed E-state index contributed by atoms with van der Waals surface area (Å²) in [5.41, 5.74) is 2.81. The molecule has 0 bridgehead atoms. The SMILES string of the molecule is CC1CCN(c2ccc(NC(=O)Cc3ccccc3)cc2Cl)CC1. The molecule has 3 rings (SSSR count). The molecular weight excluding hydrogens is 320 g/mol. The maximum Gasteiger partial charge on any atom is 0.228 e. The minimum atomic E-state index is -0.0307. The molecule has 0 aliphatic carbocycles. The van der Waals surface area contributed by atoms with Crippen LogP contribution in [-0.2, 0) is 11.2 Å². The van der Waals surface area contributed by atoms with Gasteiger partial charge in [0, 0.05) is 18.8 Å². The molecule has 0 saturated carbocycles. The van der Waals surface area contributed by atoms with Gasteiger partial charge in [0.15, 0.2) is 0 Å². The number of piperidine rings is 1. The maximum atomic E-state index is 12.2. The molecule has 3 nitrogen and oxygen atoms in total. The third kappa shape index (κ3) is 4.30. The van der Waals surface area contributed by atoms with Crippen LogP contribution in [0.5, 0.6) is 0 Å². The van der Waals surface area contributed by atoms with Gasteiger partial charge in [0.1, 0.15) is 0 Å². The van der Waals surface area contributed by atoms with Crippen molar-refractivity contribution in [3.63, 3.8) is 0 Å². The van der Waals surface area contributed by atoms with Crippen LogP contribution in [0.15, 0.2) is 48.5 Å². The van der Waals surface area contributed by atoms with Gasteiger partial charge in [-0.1, -0.05) is 48.9 Å². The van der Waals surface area contributed by atoms with Gasteiger partial charge in [-0.25, -0.2) is 0 Å². The van der Waals surface area contributed by atoms with Crippen molar-refractivity contribution in [2.75, 3.05) is 23.3 Å². The van der Waals surface area contributed by atoms with Gasteiger partial charge in [-0.05, 0) is 42.5 Å². The molecule has 1 aliphatic heterocycles. The topological polar surface area (TPSA) is 32.3 Å². The second-order valence-corrected chi connectivity index (χ2v) is 6.95. The van der Waals surface area contributed by atoms with Gasteiger partial charge in [0.2, 0.25) is 5.91 Å². The van der Waals surface area contributed by atoms with E-state index in [4.69, 9.17) is 11.6 Å². The minimum Gasteiger partial charge on any atom is -0.370 e. The largest absolute Gasteiger partial charge is 0.370 e. The Bertz CT molecular complexity index is 694. The molecular formula is C20H23ClN2O. The van der Waals surface area contributed by atoms with Crippen molar-refractivity contribution in [1.82, 2.24) is 0 Å². The second kappa shape index (κ2) is 7.71. The van der Waals surface area contributed by atoms with Gasteiger partial charge in [0.25, 0.3) is 0 Å². The van der Waals surface area contributed by atoms with Crippen LogP contribution in [-0.4, -0.2) is 19.0 Å². The number of hydrogen-bond donors (Lipinski definition) is 1. The van der Waals surface area contributed by atoms with E-state index in [0.717, 1.165) is 35.9 Å². The Morgan fingerprint density at radius 1 is 1.17 bits per heavy atom. The zero-order chi connectivity index (χ0) is 16.9. The van der Waals surface area contributed by atoms with E-state index < -0.39 is 0 Å². The lowest BCUT2D eigenvalue weighted by atomic mass is 9.99. The summed E-state index contributed by atoms with van der Waals surface area (Å²) in [5, 5.41) is 3.62. The molecule has 2 aromatic carbocycles. The zero-order valence-electron chi connectivity index (χ0n) is 14.0. The molecule has 1 heterocycles. The van der Waals surface area contributed by atoms with Crippen molar-refractivity contribution in [1.29, 1.82) is 0 Å². The Morgan fingerprint density at radius 3 is 2.54 bits per heavy atom. The van der Waals surface area contributed by atoms with Crippen molar-refractivity contribution in [3.8, 4) is 0 Å².